The fourth-order valence-corrected chi connectivity index (χ4v) is 3.54. The lowest BCUT2D eigenvalue weighted by atomic mass is 10.1. The van der Waals surface area contributed by atoms with E-state index in [1.807, 2.05) is 30.5 Å². The van der Waals surface area contributed by atoms with E-state index in [0.717, 1.165) is 17.2 Å². The fraction of sp³-hybridized carbons (Fsp3) is 0.526. The molecule has 1 amide bonds. The number of nitrogens with zero attached hydrogens (tertiary/aromatic N) is 4. The van der Waals surface area contributed by atoms with E-state index < -0.39 is 5.60 Å². The molecule has 0 radical (unpaired) electrons. The molecular weight excluding hydrogens is 368 g/mol. The van der Waals surface area contributed by atoms with E-state index in [4.69, 9.17) is 21.1 Å². The maximum Gasteiger partial charge on any atom is 0.266 e. The molecule has 2 aromatic rings. The molecule has 0 spiro atoms. The second-order valence-corrected chi connectivity index (χ2v) is 7.82. The first-order chi connectivity index (χ1) is 12.7. The highest BCUT2D eigenvalue weighted by molar-refractivity contribution is 6.32. The highest BCUT2D eigenvalue weighted by Gasteiger charge is 2.38. The molecule has 0 saturated heterocycles. The van der Waals surface area contributed by atoms with Gasteiger partial charge in [-0.05, 0) is 45.4 Å². The summed E-state index contributed by atoms with van der Waals surface area (Å²) in [7, 11) is 1.63. The van der Waals surface area contributed by atoms with Crippen molar-refractivity contribution in [1.29, 1.82) is 0 Å². The van der Waals surface area contributed by atoms with E-state index in [1.54, 1.807) is 31.9 Å². The standard InChI is InChI=1S/C19H25ClN4O3/c1-12-6-7-14(20)15(8-12)27-19(3,4)18(25)23-9-13(2)24-16(10-23)21-22-17(24)11-26-5/h6-8,13H,9-11H2,1-5H3/t13-/m0/s1. The van der Waals surface area contributed by atoms with E-state index in [1.165, 1.54) is 0 Å². The summed E-state index contributed by atoms with van der Waals surface area (Å²) in [5.41, 5.74) is -0.0441. The van der Waals surface area contributed by atoms with Crippen molar-refractivity contribution in [2.45, 2.75) is 52.5 Å². The Kier molecular flexibility index (Phi) is 5.44. The number of aromatic nitrogens is 3. The summed E-state index contributed by atoms with van der Waals surface area (Å²) < 4.78 is 13.2. The first-order valence-electron chi connectivity index (χ1n) is 8.89. The molecule has 1 aliphatic heterocycles. The predicted octanol–water partition coefficient (Wildman–Crippen LogP) is 3.15. The van der Waals surface area contributed by atoms with Crippen LogP contribution in [0.4, 0.5) is 0 Å². The molecule has 2 heterocycles. The fourth-order valence-electron chi connectivity index (χ4n) is 3.38. The molecule has 0 fully saturated rings. The highest BCUT2D eigenvalue weighted by Crippen LogP contribution is 2.31. The van der Waals surface area contributed by atoms with E-state index in [9.17, 15) is 4.79 Å². The molecule has 0 unspecified atom stereocenters. The Balaban J connectivity index is 1.79. The zero-order chi connectivity index (χ0) is 19.8. The molecule has 0 aliphatic carbocycles. The van der Waals surface area contributed by atoms with Crippen LogP contribution in [0.5, 0.6) is 5.75 Å². The lowest BCUT2D eigenvalue weighted by molar-refractivity contribution is -0.147. The quantitative estimate of drug-likeness (QED) is 0.781. The normalized spacial score (nSPS) is 17.0. The number of hydrogen-bond donors (Lipinski definition) is 0. The van der Waals surface area contributed by atoms with Crippen LogP contribution in [0.2, 0.25) is 5.02 Å². The summed E-state index contributed by atoms with van der Waals surface area (Å²) in [5, 5.41) is 8.90. The van der Waals surface area contributed by atoms with Gasteiger partial charge in [0.05, 0.1) is 17.6 Å². The number of aryl methyl sites for hydroxylation is 1. The Morgan fingerprint density at radius 2 is 2.11 bits per heavy atom. The summed E-state index contributed by atoms with van der Waals surface area (Å²) in [6.45, 7) is 8.84. The molecule has 27 heavy (non-hydrogen) atoms. The summed E-state index contributed by atoms with van der Waals surface area (Å²) in [6.07, 6.45) is 0. The highest BCUT2D eigenvalue weighted by atomic mass is 35.5. The predicted molar refractivity (Wildman–Crippen MR) is 102 cm³/mol. The molecule has 3 rings (SSSR count). The van der Waals surface area contributed by atoms with Gasteiger partial charge in [-0.1, -0.05) is 17.7 Å². The number of rotatable bonds is 5. The number of ether oxygens (including phenoxy) is 2. The van der Waals surface area contributed by atoms with Gasteiger partial charge < -0.3 is 18.9 Å². The molecule has 0 N–H and O–H groups in total. The number of benzene rings is 1. The summed E-state index contributed by atoms with van der Waals surface area (Å²) >= 11 is 6.23. The monoisotopic (exact) mass is 392 g/mol. The van der Waals surface area contributed by atoms with Crippen molar-refractivity contribution in [3.05, 3.63) is 40.4 Å². The second kappa shape index (κ2) is 7.48. The molecule has 146 valence electrons. The minimum Gasteiger partial charge on any atom is -0.476 e. The van der Waals surface area contributed by atoms with Crippen molar-refractivity contribution in [1.82, 2.24) is 19.7 Å². The number of halogens is 1. The van der Waals surface area contributed by atoms with Crippen LogP contribution < -0.4 is 4.74 Å². The third-order valence-electron chi connectivity index (χ3n) is 4.62. The number of carbonyl (C=O) groups is 1. The van der Waals surface area contributed by atoms with E-state index >= 15 is 0 Å². The van der Waals surface area contributed by atoms with Gasteiger partial charge in [-0.3, -0.25) is 4.79 Å². The van der Waals surface area contributed by atoms with Crippen molar-refractivity contribution in [3.8, 4) is 5.75 Å². The molecule has 0 saturated carbocycles. The lowest BCUT2D eigenvalue weighted by Crippen LogP contribution is -2.52. The van der Waals surface area contributed by atoms with E-state index in [-0.39, 0.29) is 11.9 Å². The maximum atomic E-state index is 13.2. The molecule has 1 aromatic carbocycles. The Labute approximate surface area is 164 Å². The van der Waals surface area contributed by atoms with Crippen LogP contribution in [0.25, 0.3) is 0 Å². The van der Waals surface area contributed by atoms with Crippen molar-refractivity contribution >= 4 is 17.5 Å². The van der Waals surface area contributed by atoms with Gasteiger partial charge in [-0.15, -0.1) is 10.2 Å². The molecule has 0 bridgehead atoms. The van der Waals surface area contributed by atoms with Crippen LogP contribution in [0, 0.1) is 6.92 Å². The van der Waals surface area contributed by atoms with E-state index in [2.05, 4.69) is 10.2 Å². The summed E-state index contributed by atoms with van der Waals surface area (Å²) in [6, 6.07) is 5.57. The van der Waals surface area contributed by atoms with Gasteiger partial charge in [-0.25, -0.2) is 0 Å². The van der Waals surface area contributed by atoms with Crippen LogP contribution in [0.1, 0.15) is 44.0 Å². The summed E-state index contributed by atoms with van der Waals surface area (Å²) in [4.78, 5) is 14.9. The van der Waals surface area contributed by atoms with Crippen molar-refractivity contribution in [2.75, 3.05) is 13.7 Å². The number of amides is 1. The van der Waals surface area contributed by atoms with Gasteiger partial charge in [-0.2, -0.15) is 0 Å². The third kappa shape index (κ3) is 3.94. The Morgan fingerprint density at radius 3 is 2.81 bits per heavy atom. The first kappa shape index (κ1) is 19.6. The Bertz CT molecular complexity index is 849. The maximum absolute atomic E-state index is 13.2. The molecule has 1 aliphatic rings. The van der Waals surface area contributed by atoms with Crippen molar-refractivity contribution < 1.29 is 14.3 Å². The van der Waals surface area contributed by atoms with Crippen molar-refractivity contribution in [2.24, 2.45) is 0 Å². The molecule has 1 atom stereocenters. The van der Waals surface area contributed by atoms with Crippen LogP contribution >= 0.6 is 11.6 Å². The minimum absolute atomic E-state index is 0.0520. The molecule has 8 heteroatoms. The average Bonchev–Trinajstić information content (AvgIpc) is 3.01. The number of carbonyl (C=O) groups excluding carboxylic acids is 1. The number of methoxy groups -OCH3 is 1. The average molecular weight is 393 g/mol. The van der Waals surface area contributed by atoms with Crippen molar-refractivity contribution in [3.63, 3.8) is 0 Å². The first-order valence-corrected chi connectivity index (χ1v) is 9.27. The molecule has 1 aromatic heterocycles. The van der Waals surface area contributed by atoms with Gasteiger partial charge >= 0.3 is 0 Å². The topological polar surface area (TPSA) is 69.5 Å². The Hall–Kier alpha value is -2.12. The van der Waals surface area contributed by atoms with Gasteiger partial charge in [0.15, 0.2) is 17.2 Å². The lowest BCUT2D eigenvalue weighted by Gasteiger charge is -2.37. The number of fused-ring (bicyclic) bond motifs is 1. The largest absolute Gasteiger partial charge is 0.476 e. The Morgan fingerprint density at radius 1 is 1.37 bits per heavy atom. The van der Waals surface area contributed by atoms with Gasteiger partial charge in [0, 0.05) is 13.7 Å². The van der Waals surface area contributed by atoms with Crippen LogP contribution in [0.15, 0.2) is 18.2 Å². The third-order valence-corrected chi connectivity index (χ3v) is 4.93. The molecular formula is C19H25ClN4O3. The SMILES string of the molecule is COCc1nnc2n1[C@@H](C)CN(C(=O)C(C)(C)Oc1cc(C)ccc1Cl)C2. The van der Waals surface area contributed by atoms with Crippen LogP contribution in [0.3, 0.4) is 0 Å². The van der Waals surface area contributed by atoms with E-state index in [0.29, 0.717) is 30.5 Å². The molecule has 7 nitrogen and oxygen atoms in total. The van der Waals surface area contributed by atoms with Gasteiger partial charge in [0.25, 0.3) is 5.91 Å². The second-order valence-electron chi connectivity index (χ2n) is 7.42. The minimum atomic E-state index is -1.06. The zero-order valence-corrected chi connectivity index (χ0v) is 17.1. The van der Waals surface area contributed by atoms with Gasteiger partial charge in [0.1, 0.15) is 12.4 Å². The van der Waals surface area contributed by atoms with Crippen LogP contribution in [-0.2, 0) is 22.7 Å². The smallest absolute Gasteiger partial charge is 0.266 e. The summed E-state index contributed by atoms with van der Waals surface area (Å²) in [5.74, 6) is 1.91. The zero-order valence-electron chi connectivity index (χ0n) is 16.3. The van der Waals surface area contributed by atoms with Gasteiger partial charge in [0.2, 0.25) is 0 Å². The van der Waals surface area contributed by atoms with Crippen LogP contribution in [-0.4, -0.2) is 44.8 Å². The number of hydrogen-bond acceptors (Lipinski definition) is 5.